The van der Waals surface area contributed by atoms with Crippen LogP contribution >= 0.6 is 11.6 Å². The molecule has 0 atom stereocenters. The number of anilines is 1. The number of hydrogen-bond acceptors (Lipinski definition) is 3. The first-order valence-electron chi connectivity index (χ1n) is 6.82. The minimum absolute atomic E-state index is 0.136. The molecule has 3 N–H and O–H groups in total. The lowest BCUT2D eigenvalue weighted by molar-refractivity contribution is 0.281. The number of nitrogen functional groups attached to an aromatic ring is 1. The summed E-state index contributed by atoms with van der Waals surface area (Å²) in [6.45, 7) is 0.815. The number of aromatic nitrogens is 2. The number of imidazole rings is 1. The number of fused-ring (bicyclic) bond motifs is 1. The Kier molecular flexibility index (Phi) is 3.82. The number of nitrogens with two attached hydrogens (primary N) is 1. The summed E-state index contributed by atoms with van der Waals surface area (Å²) in [6, 6.07) is 13.3. The molecule has 4 nitrogen and oxygen atoms in total. The minimum Gasteiger partial charge on any atom is -0.397 e. The highest BCUT2D eigenvalue weighted by atomic mass is 35.5. The first kappa shape index (κ1) is 13.9. The number of aliphatic hydroxyl groups excluding tert-OH is 1. The number of benzene rings is 2. The van der Waals surface area contributed by atoms with E-state index in [1.165, 1.54) is 0 Å². The van der Waals surface area contributed by atoms with Gasteiger partial charge in [-0.1, -0.05) is 29.8 Å². The van der Waals surface area contributed by atoms with Crippen LogP contribution in [0.2, 0.25) is 5.02 Å². The highest BCUT2D eigenvalue weighted by molar-refractivity contribution is 6.30. The van der Waals surface area contributed by atoms with Crippen molar-refractivity contribution in [1.29, 1.82) is 0 Å². The van der Waals surface area contributed by atoms with Gasteiger partial charge in [0.2, 0.25) is 0 Å². The third-order valence-electron chi connectivity index (χ3n) is 3.43. The molecule has 0 amide bonds. The fraction of sp³-hybridized carbons (Fsp3) is 0.188. The molecule has 1 heterocycles. The third-order valence-corrected chi connectivity index (χ3v) is 3.67. The van der Waals surface area contributed by atoms with E-state index in [1.807, 2.05) is 42.5 Å². The average Bonchev–Trinajstić information content (AvgIpc) is 2.85. The monoisotopic (exact) mass is 301 g/mol. The van der Waals surface area contributed by atoms with E-state index in [4.69, 9.17) is 22.4 Å². The summed E-state index contributed by atoms with van der Waals surface area (Å²) in [7, 11) is 0. The van der Waals surface area contributed by atoms with E-state index in [9.17, 15) is 0 Å². The smallest absolute Gasteiger partial charge is 0.141 e. The van der Waals surface area contributed by atoms with Gasteiger partial charge in [0.15, 0.2) is 0 Å². The highest BCUT2D eigenvalue weighted by Gasteiger charge is 2.14. The zero-order valence-corrected chi connectivity index (χ0v) is 12.2. The van der Waals surface area contributed by atoms with Gasteiger partial charge in [-0.25, -0.2) is 4.98 Å². The number of para-hydroxylation sites is 1. The average molecular weight is 302 g/mol. The van der Waals surface area contributed by atoms with Crippen molar-refractivity contribution in [2.45, 2.75) is 13.0 Å². The minimum atomic E-state index is 0.136. The lowest BCUT2D eigenvalue weighted by Crippen LogP contribution is -2.02. The standard InChI is InChI=1S/C16H16ClN3O/c17-12-5-1-4-11(10-12)16-19-15-13(18)6-2-7-14(15)20(16)8-3-9-21/h1-2,4-7,10,21H,3,8-9,18H2. The van der Waals surface area contributed by atoms with Gasteiger partial charge in [-0.05, 0) is 30.7 Å². The SMILES string of the molecule is Nc1cccc2c1nc(-c1cccc(Cl)c1)n2CCCO. The fourth-order valence-electron chi connectivity index (χ4n) is 2.47. The van der Waals surface area contributed by atoms with Crippen molar-refractivity contribution in [2.24, 2.45) is 0 Å². The Bertz CT molecular complexity index is 782. The quantitative estimate of drug-likeness (QED) is 0.727. The molecule has 0 aliphatic heterocycles. The molecular formula is C16H16ClN3O. The van der Waals surface area contributed by atoms with E-state index in [0.29, 0.717) is 23.7 Å². The van der Waals surface area contributed by atoms with Crippen molar-refractivity contribution in [3.8, 4) is 11.4 Å². The maximum Gasteiger partial charge on any atom is 0.141 e. The van der Waals surface area contributed by atoms with Crippen molar-refractivity contribution >= 4 is 28.3 Å². The number of aliphatic hydroxyl groups is 1. The second kappa shape index (κ2) is 5.76. The van der Waals surface area contributed by atoms with Crippen molar-refractivity contribution in [3.63, 3.8) is 0 Å². The summed E-state index contributed by atoms with van der Waals surface area (Å²) in [5.74, 6) is 0.818. The van der Waals surface area contributed by atoms with E-state index in [0.717, 1.165) is 22.4 Å². The second-order valence-corrected chi connectivity index (χ2v) is 5.33. The molecule has 0 aliphatic carbocycles. The van der Waals surface area contributed by atoms with Gasteiger partial charge in [-0.15, -0.1) is 0 Å². The Morgan fingerprint density at radius 2 is 2.00 bits per heavy atom. The van der Waals surface area contributed by atoms with Crippen LogP contribution in [0.3, 0.4) is 0 Å². The Hall–Kier alpha value is -2.04. The Morgan fingerprint density at radius 1 is 1.19 bits per heavy atom. The van der Waals surface area contributed by atoms with E-state index in [-0.39, 0.29) is 6.61 Å². The molecule has 1 aromatic heterocycles. The van der Waals surface area contributed by atoms with E-state index in [1.54, 1.807) is 0 Å². The van der Waals surface area contributed by atoms with Crippen LogP contribution < -0.4 is 5.73 Å². The van der Waals surface area contributed by atoms with Crippen LogP contribution in [0.1, 0.15) is 6.42 Å². The summed E-state index contributed by atoms with van der Waals surface area (Å²) in [4.78, 5) is 4.67. The van der Waals surface area contributed by atoms with Gasteiger partial charge in [0.05, 0.1) is 11.2 Å². The molecular weight excluding hydrogens is 286 g/mol. The lowest BCUT2D eigenvalue weighted by atomic mass is 10.2. The Labute approximate surface area is 127 Å². The van der Waals surface area contributed by atoms with Crippen LogP contribution in [0, 0.1) is 0 Å². The number of rotatable bonds is 4. The van der Waals surface area contributed by atoms with E-state index < -0.39 is 0 Å². The summed E-state index contributed by atoms with van der Waals surface area (Å²) in [6.07, 6.45) is 0.661. The van der Waals surface area contributed by atoms with Crippen molar-refractivity contribution in [2.75, 3.05) is 12.3 Å². The molecule has 0 fully saturated rings. The maximum atomic E-state index is 9.12. The molecule has 5 heteroatoms. The largest absolute Gasteiger partial charge is 0.397 e. The van der Waals surface area contributed by atoms with Gasteiger partial charge in [-0.3, -0.25) is 0 Å². The zero-order valence-electron chi connectivity index (χ0n) is 11.5. The van der Waals surface area contributed by atoms with Crippen LogP contribution in [0.5, 0.6) is 0 Å². The summed E-state index contributed by atoms with van der Waals surface area (Å²) >= 11 is 6.08. The van der Waals surface area contributed by atoms with Crippen LogP contribution in [0.25, 0.3) is 22.4 Å². The van der Waals surface area contributed by atoms with Crippen molar-refractivity contribution in [3.05, 3.63) is 47.5 Å². The summed E-state index contributed by atoms with van der Waals surface area (Å²) in [5.41, 5.74) is 9.37. The molecule has 108 valence electrons. The van der Waals surface area contributed by atoms with E-state index in [2.05, 4.69) is 9.55 Å². The molecule has 2 aromatic carbocycles. The molecule has 3 rings (SSSR count). The molecule has 0 saturated heterocycles. The van der Waals surface area contributed by atoms with Crippen LogP contribution in [0.15, 0.2) is 42.5 Å². The normalized spacial score (nSPS) is 11.1. The van der Waals surface area contributed by atoms with Crippen molar-refractivity contribution in [1.82, 2.24) is 9.55 Å². The van der Waals surface area contributed by atoms with Crippen molar-refractivity contribution < 1.29 is 5.11 Å². The first-order chi connectivity index (χ1) is 10.2. The number of nitrogens with zero attached hydrogens (tertiary/aromatic N) is 2. The molecule has 0 spiro atoms. The highest BCUT2D eigenvalue weighted by Crippen LogP contribution is 2.29. The molecule has 0 aliphatic rings. The number of halogens is 1. The Balaban J connectivity index is 2.23. The topological polar surface area (TPSA) is 64.1 Å². The molecule has 0 unspecified atom stereocenters. The predicted octanol–water partition coefficient (Wildman–Crippen LogP) is 3.32. The summed E-state index contributed by atoms with van der Waals surface area (Å²) in [5, 5.41) is 9.79. The van der Waals surface area contributed by atoms with E-state index >= 15 is 0 Å². The Morgan fingerprint density at radius 3 is 2.76 bits per heavy atom. The van der Waals surface area contributed by atoms with Gasteiger partial charge in [0.1, 0.15) is 11.3 Å². The van der Waals surface area contributed by atoms with Gasteiger partial charge in [-0.2, -0.15) is 0 Å². The first-order valence-corrected chi connectivity index (χ1v) is 7.20. The van der Waals surface area contributed by atoms with Gasteiger partial charge in [0, 0.05) is 23.7 Å². The summed E-state index contributed by atoms with van der Waals surface area (Å²) < 4.78 is 2.08. The van der Waals surface area contributed by atoms with Crippen LogP contribution in [-0.2, 0) is 6.54 Å². The second-order valence-electron chi connectivity index (χ2n) is 4.89. The number of hydrogen-bond donors (Lipinski definition) is 2. The lowest BCUT2D eigenvalue weighted by Gasteiger charge is -2.08. The molecule has 21 heavy (non-hydrogen) atoms. The molecule has 3 aromatic rings. The molecule has 0 bridgehead atoms. The maximum absolute atomic E-state index is 9.12. The third kappa shape index (κ3) is 2.60. The number of aryl methyl sites for hydroxylation is 1. The predicted molar refractivity (Wildman–Crippen MR) is 86.3 cm³/mol. The zero-order chi connectivity index (χ0) is 14.8. The molecule has 0 radical (unpaired) electrons. The van der Waals surface area contributed by atoms with Gasteiger partial charge >= 0.3 is 0 Å². The van der Waals surface area contributed by atoms with Crippen LogP contribution in [0.4, 0.5) is 5.69 Å². The van der Waals surface area contributed by atoms with Crippen LogP contribution in [-0.4, -0.2) is 21.3 Å². The fourth-order valence-corrected chi connectivity index (χ4v) is 2.66. The van der Waals surface area contributed by atoms with Gasteiger partial charge in [0.25, 0.3) is 0 Å². The van der Waals surface area contributed by atoms with Gasteiger partial charge < -0.3 is 15.4 Å². The molecule has 0 saturated carbocycles.